The van der Waals surface area contributed by atoms with E-state index in [9.17, 15) is 4.79 Å². The Morgan fingerprint density at radius 2 is 1.89 bits per heavy atom. The summed E-state index contributed by atoms with van der Waals surface area (Å²) >= 11 is 3.62. The van der Waals surface area contributed by atoms with Gasteiger partial charge in [0.1, 0.15) is 5.82 Å². The molecule has 0 spiro atoms. The number of hydrogen-bond acceptors (Lipinski definition) is 5. The Hall–Kier alpha value is -3.79. The molecule has 4 aromatic heterocycles. The minimum atomic E-state index is -0.0674. The summed E-state index contributed by atoms with van der Waals surface area (Å²) in [5.74, 6) is 1.46. The molecule has 0 unspecified atom stereocenters. The second kappa shape index (κ2) is 10.4. The third-order valence-electron chi connectivity index (χ3n) is 6.25. The third-order valence-corrected chi connectivity index (χ3v) is 6.87. The highest BCUT2D eigenvalue weighted by Crippen LogP contribution is 2.25. The lowest BCUT2D eigenvalue weighted by atomic mass is 10.0. The van der Waals surface area contributed by atoms with E-state index >= 15 is 0 Å². The molecule has 0 aliphatic heterocycles. The number of H-pyrrole nitrogens is 1. The number of aromatic nitrogens is 8. The van der Waals surface area contributed by atoms with E-state index in [1.54, 1.807) is 10.8 Å². The van der Waals surface area contributed by atoms with Gasteiger partial charge in [-0.15, -0.1) is 5.10 Å². The fourth-order valence-corrected chi connectivity index (χ4v) is 4.92. The van der Waals surface area contributed by atoms with E-state index < -0.39 is 0 Å². The zero-order chi connectivity index (χ0) is 25.1. The highest BCUT2D eigenvalue weighted by atomic mass is 79.9. The van der Waals surface area contributed by atoms with Crippen LogP contribution in [0, 0.1) is 0 Å². The quantitative estimate of drug-likeness (QED) is 0.284. The van der Waals surface area contributed by atoms with Gasteiger partial charge in [-0.3, -0.25) is 14.1 Å². The van der Waals surface area contributed by atoms with Crippen molar-refractivity contribution >= 4 is 15.9 Å². The summed E-state index contributed by atoms with van der Waals surface area (Å²) in [6.07, 6.45) is 8.65. The molecule has 36 heavy (non-hydrogen) atoms. The normalized spacial score (nSPS) is 11.3. The Labute approximate surface area is 217 Å². The van der Waals surface area contributed by atoms with Crippen LogP contribution in [0.5, 0.6) is 0 Å². The molecule has 1 N–H and O–H groups in total. The molecule has 4 heterocycles. The summed E-state index contributed by atoms with van der Waals surface area (Å²) in [5, 5.41) is 14.1. The second-order valence-electron chi connectivity index (χ2n) is 8.60. The summed E-state index contributed by atoms with van der Waals surface area (Å²) in [4.78, 5) is 18.2. The lowest BCUT2D eigenvalue weighted by Crippen LogP contribution is -2.26. The summed E-state index contributed by atoms with van der Waals surface area (Å²) in [7, 11) is 0. The van der Waals surface area contributed by atoms with Crippen molar-refractivity contribution < 1.29 is 0 Å². The minimum absolute atomic E-state index is 0.0674. The van der Waals surface area contributed by atoms with Gasteiger partial charge in [0.2, 0.25) is 0 Å². The molecule has 1 aromatic carbocycles. The largest absolute Gasteiger partial charge is 0.334 e. The van der Waals surface area contributed by atoms with Gasteiger partial charge in [-0.25, -0.2) is 9.89 Å². The van der Waals surface area contributed by atoms with Crippen molar-refractivity contribution in [1.29, 1.82) is 0 Å². The van der Waals surface area contributed by atoms with Crippen molar-refractivity contribution in [2.24, 2.45) is 0 Å². The number of aryl methyl sites for hydroxylation is 2. The molecule has 0 amide bonds. The molecule has 0 saturated heterocycles. The summed E-state index contributed by atoms with van der Waals surface area (Å²) in [5.41, 5.74) is 4.69. The molecule has 5 aromatic rings. The maximum absolute atomic E-state index is 13.6. The first-order chi connectivity index (χ1) is 17.6. The number of tetrazole rings is 1. The average Bonchev–Trinajstić information content (AvgIpc) is 3.64. The van der Waals surface area contributed by atoms with Gasteiger partial charge < -0.3 is 4.57 Å². The van der Waals surface area contributed by atoms with Crippen molar-refractivity contribution in [2.75, 3.05) is 0 Å². The van der Waals surface area contributed by atoms with Crippen LogP contribution in [0.25, 0.3) is 28.3 Å². The number of hydrogen-bond donors (Lipinski definition) is 1. The van der Waals surface area contributed by atoms with Crippen LogP contribution < -0.4 is 5.69 Å². The number of nitrogens with one attached hydrogen (secondary N) is 1. The number of pyridine rings is 1. The Balaban J connectivity index is 1.51. The zero-order valence-electron chi connectivity index (χ0n) is 20.2. The number of aromatic amines is 1. The van der Waals surface area contributed by atoms with E-state index in [4.69, 9.17) is 0 Å². The molecule has 0 radical (unpaired) electrons. The fourth-order valence-electron chi connectivity index (χ4n) is 4.39. The Kier molecular flexibility index (Phi) is 6.95. The molecule has 184 valence electrons. The van der Waals surface area contributed by atoms with Gasteiger partial charge in [0.15, 0.2) is 5.82 Å². The van der Waals surface area contributed by atoms with Crippen molar-refractivity contribution in [3.8, 4) is 28.3 Å². The first kappa shape index (κ1) is 23.9. The second-order valence-corrected chi connectivity index (χ2v) is 9.46. The smallest absolute Gasteiger partial charge is 0.333 e. The fraction of sp³-hybridized carbons (Fsp3) is 0.269. The standard InChI is InChI=1S/C26H27BrN8O/c1-3-5-9-22-17-35(25-23(27)11-13-33(25)4-2)26(36)34(22)16-21-15-19(10-12-28-21)18-7-6-8-20(14-18)24-29-31-32-30-24/h6-8,10-15,17H,3-5,9,16H2,1-2H3,(H,29,30,31,32). The van der Waals surface area contributed by atoms with E-state index in [0.29, 0.717) is 12.4 Å². The molecule has 0 saturated carbocycles. The molecule has 0 atom stereocenters. The van der Waals surface area contributed by atoms with E-state index in [1.807, 2.05) is 59.4 Å². The molecule has 0 fully saturated rings. The van der Waals surface area contributed by atoms with Gasteiger partial charge in [-0.05, 0) is 81.5 Å². The molecular formula is C26H27BrN8O. The van der Waals surface area contributed by atoms with Crippen LogP contribution in [0.3, 0.4) is 0 Å². The third kappa shape index (κ3) is 4.68. The Morgan fingerprint density at radius 3 is 2.67 bits per heavy atom. The van der Waals surface area contributed by atoms with Gasteiger partial charge in [-0.1, -0.05) is 31.5 Å². The van der Waals surface area contributed by atoms with E-state index in [0.717, 1.165) is 64.2 Å². The van der Waals surface area contributed by atoms with Gasteiger partial charge in [0.05, 0.1) is 16.7 Å². The summed E-state index contributed by atoms with van der Waals surface area (Å²) in [6.45, 7) is 5.40. The minimum Gasteiger partial charge on any atom is -0.333 e. The van der Waals surface area contributed by atoms with Gasteiger partial charge >= 0.3 is 5.69 Å². The Bertz CT molecular complexity index is 1530. The average molecular weight is 547 g/mol. The first-order valence-corrected chi connectivity index (χ1v) is 12.8. The highest BCUT2D eigenvalue weighted by Gasteiger charge is 2.18. The van der Waals surface area contributed by atoms with Crippen LogP contribution in [-0.4, -0.2) is 39.3 Å². The van der Waals surface area contributed by atoms with Crippen molar-refractivity contribution in [1.82, 2.24) is 39.3 Å². The molecular weight excluding hydrogens is 520 g/mol. The molecule has 0 aliphatic carbocycles. The predicted octanol–water partition coefficient (Wildman–Crippen LogP) is 4.86. The lowest BCUT2D eigenvalue weighted by Gasteiger charge is -2.09. The number of imidazole rings is 1. The zero-order valence-corrected chi connectivity index (χ0v) is 21.8. The number of unbranched alkanes of at least 4 members (excludes halogenated alkanes) is 1. The maximum atomic E-state index is 13.6. The van der Waals surface area contributed by atoms with Crippen LogP contribution in [0.15, 0.2) is 70.3 Å². The van der Waals surface area contributed by atoms with Crippen LogP contribution in [-0.2, 0) is 19.5 Å². The maximum Gasteiger partial charge on any atom is 0.334 e. The predicted molar refractivity (Wildman–Crippen MR) is 142 cm³/mol. The number of nitrogens with zero attached hydrogens (tertiary/aromatic N) is 7. The Morgan fingerprint density at radius 1 is 1.06 bits per heavy atom. The summed E-state index contributed by atoms with van der Waals surface area (Å²) < 4.78 is 6.55. The van der Waals surface area contributed by atoms with Gasteiger partial charge in [0, 0.05) is 36.4 Å². The molecule has 5 rings (SSSR count). The van der Waals surface area contributed by atoms with Crippen LogP contribution in [0.2, 0.25) is 0 Å². The van der Waals surface area contributed by atoms with Crippen LogP contribution >= 0.6 is 15.9 Å². The van der Waals surface area contributed by atoms with Gasteiger partial charge in [0.25, 0.3) is 0 Å². The topological polar surface area (TPSA) is 99.2 Å². The van der Waals surface area contributed by atoms with Crippen molar-refractivity contribution in [3.05, 3.63) is 87.4 Å². The van der Waals surface area contributed by atoms with Crippen molar-refractivity contribution in [2.45, 2.75) is 46.2 Å². The van der Waals surface area contributed by atoms with E-state index in [2.05, 4.69) is 60.0 Å². The number of rotatable bonds is 9. The molecule has 10 heteroatoms. The molecule has 9 nitrogen and oxygen atoms in total. The monoisotopic (exact) mass is 546 g/mol. The number of halogens is 1. The first-order valence-electron chi connectivity index (χ1n) is 12.0. The van der Waals surface area contributed by atoms with E-state index in [1.165, 1.54) is 0 Å². The molecule has 0 bridgehead atoms. The lowest BCUT2D eigenvalue weighted by molar-refractivity contribution is 0.656. The van der Waals surface area contributed by atoms with E-state index in [-0.39, 0.29) is 5.69 Å². The van der Waals surface area contributed by atoms with Gasteiger partial charge in [-0.2, -0.15) is 0 Å². The number of benzene rings is 1. The highest BCUT2D eigenvalue weighted by molar-refractivity contribution is 9.10. The van der Waals surface area contributed by atoms with Crippen LogP contribution in [0.1, 0.15) is 38.1 Å². The SMILES string of the molecule is CCCCc1cn(-c2c(Br)ccn2CC)c(=O)n1Cc1cc(-c2cccc(-c3nnn[nH]3)c2)ccn1. The van der Waals surface area contributed by atoms with Crippen LogP contribution in [0.4, 0.5) is 0 Å². The molecule has 0 aliphatic rings. The summed E-state index contributed by atoms with van der Waals surface area (Å²) in [6, 6.07) is 14.0. The van der Waals surface area contributed by atoms with Crippen molar-refractivity contribution in [3.63, 3.8) is 0 Å².